The highest BCUT2D eigenvalue weighted by molar-refractivity contribution is 7.19. The lowest BCUT2D eigenvalue weighted by atomic mass is 10.2. The van der Waals surface area contributed by atoms with Crippen LogP contribution in [0.3, 0.4) is 0 Å². The zero-order valence-electron chi connectivity index (χ0n) is 11.5. The summed E-state index contributed by atoms with van der Waals surface area (Å²) in [6.07, 6.45) is 3.79. The van der Waals surface area contributed by atoms with Gasteiger partial charge in [-0.3, -0.25) is 0 Å². The van der Waals surface area contributed by atoms with Gasteiger partial charge < -0.3 is 10.1 Å². The first-order chi connectivity index (χ1) is 9.84. The molecule has 0 unspecified atom stereocenters. The fourth-order valence-electron chi connectivity index (χ4n) is 2.21. The van der Waals surface area contributed by atoms with Crippen LogP contribution in [0.5, 0.6) is 0 Å². The molecule has 1 aromatic heterocycles. The lowest BCUT2D eigenvalue weighted by Gasteiger charge is -2.05. The summed E-state index contributed by atoms with van der Waals surface area (Å²) in [6, 6.07) is 8.31. The minimum absolute atomic E-state index is 0.848. The van der Waals surface area contributed by atoms with Gasteiger partial charge in [0.2, 0.25) is 0 Å². The number of benzene rings is 1. The Balaban J connectivity index is 1.39. The van der Waals surface area contributed by atoms with Crippen molar-refractivity contribution in [3.05, 3.63) is 34.2 Å². The van der Waals surface area contributed by atoms with Crippen molar-refractivity contribution in [3.63, 3.8) is 0 Å². The smallest absolute Gasteiger partial charge is 0.0636 e. The van der Waals surface area contributed by atoms with Gasteiger partial charge in [0.15, 0.2) is 0 Å². The Bertz CT molecular complexity index is 565. The second-order valence-corrected chi connectivity index (χ2v) is 6.90. The minimum Gasteiger partial charge on any atom is -0.381 e. The van der Waals surface area contributed by atoms with Gasteiger partial charge in [-0.05, 0) is 37.8 Å². The van der Waals surface area contributed by atoms with Gasteiger partial charge in [-0.15, -0.1) is 11.3 Å². The average molecular weight is 310 g/mol. The van der Waals surface area contributed by atoms with Crippen LogP contribution < -0.4 is 5.32 Å². The molecule has 1 saturated carbocycles. The number of hydrogen-bond donors (Lipinski definition) is 1. The minimum atomic E-state index is 0.848. The number of hydrogen-bond acceptors (Lipinski definition) is 3. The largest absolute Gasteiger partial charge is 0.381 e. The van der Waals surface area contributed by atoms with Gasteiger partial charge >= 0.3 is 0 Å². The third-order valence-corrected chi connectivity index (χ3v) is 5.29. The molecular weight excluding hydrogens is 290 g/mol. The topological polar surface area (TPSA) is 21.3 Å². The maximum atomic E-state index is 6.41. The molecule has 0 atom stereocenters. The molecular formula is C16H20ClNOS. The molecule has 2 aromatic rings. The molecule has 108 valence electrons. The molecule has 1 heterocycles. The van der Waals surface area contributed by atoms with Crippen molar-refractivity contribution in [1.82, 2.24) is 5.32 Å². The molecule has 0 radical (unpaired) electrons. The highest BCUT2D eigenvalue weighted by Gasteiger charge is 2.20. The standard InChI is InChI=1S/C16H20ClNOS/c17-16-13-4-1-2-5-14(13)20-15(16)10-18-8-3-9-19-11-12-6-7-12/h1-2,4-5,12,18H,3,6-11H2. The molecule has 4 heteroatoms. The number of halogens is 1. The number of ether oxygens (including phenoxy) is 1. The quantitative estimate of drug-likeness (QED) is 0.727. The fraction of sp³-hybridized carbons (Fsp3) is 0.500. The molecule has 1 aliphatic carbocycles. The Morgan fingerprint density at radius 2 is 2.15 bits per heavy atom. The zero-order valence-corrected chi connectivity index (χ0v) is 13.1. The van der Waals surface area contributed by atoms with E-state index in [9.17, 15) is 0 Å². The predicted octanol–water partition coefficient (Wildman–Crippen LogP) is 4.46. The van der Waals surface area contributed by atoms with Crippen LogP contribution in [0.2, 0.25) is 5.02 Å². The first-order valence-electron chi connectivity index (χ1n) is 7.29. The van der Waals surface area contributed by atoms with Crippen molar-refractivity contribution in [3.8, 4) is 0 Å². The summed E-state index contributed by atoms with van der Waals surface area (Å²) in [5.41, 5.74) is 0. The molecule has 1 aromatic carbocycles. The van der Waals surface area contributed by atoms with E-state index in [-0.39, 0.29) is 0 Å². The number of fused-ring (bicyclic) bond motifs is 1. The SMILES string of the molecule is Clc1c(CNCCCOCC2CC2)sc2ccccc12. The fourth-order valence-corrected chi connectivity index (χ4v) is 3.68. The van der Waals surface area contributed by atoms with Crippen molar-refractivity contribution < 1.29 is 4.74 Å². The van der Waals surface area contributed by atoms with E-state index in [0.29, 0.717) is 0 Å². The molecule has 0 saturated heterocycles. The molecule has 1 aliphatic rings. The first-order valence-corrected chi connectivity index (χ1v) is 8.48. The van der Waals surface area contributed by atoms with Crippen molar-refractivity contribution in [2.45, 2.75) is 25.8 Å². The maximum absolute atomic E-state index is 6.41. The summed E-state index contributed by atoms with van der Waals surface area (Å²) >= 11 is 8.19. The van der Waals surface area contributed by atoms with E-state index in [0.717, 1.165) is 43.7 Å². The summed E-state index contributed by atoms with van der Waals surface area (Å²) in [7, 11) is 0. The highest BCUT2D eigenvalue weighted by atomic mass is 35.5. The molecule has 0 bridgehead atoms. The Morgan fingerprint density at radius 1 is 1.30 bits per heavy atom. The molecule has 0 amide bonds. The van der Waals surface area contributed by atoms with Gasteiger partial charge in [-0.2, -0.15) is 0 Å². The lowest BCUT2D eigenvalue weighted by Crippen LogP contribution is -2.16. The zero-order chi connectivity index (χ0) is 13.8. The predicted molar refractivity (Wildman–Crippen MR) is 86.7 cm³/mol. The molecule has 1 fully saturated rings. The second kappa shape index (κ2) is 6.90. The van der Waals surface area contributed by atoms with Gasteiger partial charge in [0.25, 0.3) is 0 Å². The second-order valence-electron chi connectivity index (χ2n) is 5.38. The van der Waals surface area contributed by atoms with Crippen molar-refractivity contribution >= 4 is 33.0 Å². The van der Waals surface area contributed by atoms with Gasteiger partial charge in [0, 0.05) is 34.7 Å². The van der Waals surface area contributed by atoms with Crippen molar-refractivity contribution in [2.75, 3.05) is 19.8 Å². The van der Waals surface area contributed by atoms with E-state index in [4.69, 9.17) is 16.3 Å². The van der Waals surface area contributed by atoms with Crippen LogP contribution in [0.25, 0.3) is 10.1 Å². The third kappa shape index (κ3) is 3.73. The molecule has 1 N–H and O–H groups in total. The van der Waals surface area contributed by atoms with Crippen LogP contribution in [-0.2, 0) is 11.3 Å². The summed E-state index contributed by atoms with van der Waals surface area (Å²) in [4.78, 5) is 1.23. The first kappa shape index (κ1) is 14.3. The number of nitrogens with one attached hydrogen (secondary N) is 1. The Morgan fingerprint density at radius 3 is 2.95 bits per heavy atom. The monoisotopic (exact) mass is 309 g/mol. The van der Waals surface area contributed by atoms with Crippen LogP contribution in [0.4, 0.5) is 0 Å². The highest BCUT2D eigenvalue weighted by Crippen LogP contribution is 2.34. The van der Waals surface area contributed by atoms with E-state index in [2.05, 4.69) is 23.5 Å². The van der Waals surface area contributed by atoms with Crippen molar-refractivity contribution in [1.29, 1.82) is 0 Å². The molecule has 0 aliphatic heterocycles. The van der Waals surface area contributed by atoms with Gasteiger partial charge in [-0.1, -0.05) is 29.8 Å². The Kier molecular flexibility index (Phi) is 4.94. The maximum Gasteiger partial charge on any atom is 0.0636 e. The van der Waals surface area contributed by atoms with E-state index < -0.39 is 0 Å². The van der Waals surface area contributed by atoms with E-state index in [1.54, 1.807) is 11.3 Å². The normalized spacial score (nSPS) is 15.1. The summed E-state index contributed by atoms with van der Waals surface area (Å²) in [6.45, 7) is 3.65. The summed E-state index contributed by atoms with van der Waals surface area (Å²) in [5, 5.41) is 5.53. The van der Waals surface area contributed by atoms with Crippen LogP contribution in [0.15, 0.2) is 24.3 Å². The number of rotatable bonds is 8. The molecule has 3 rings (SSSR count). The Hall–Kier alpha value is -0.610. The molecule has 0 spiro atoms. The van der Waals surface area contributed by atoms with Gasteiger partial charge in [0.1, 0.15) is 0 Å². The molecule has 20 heavy (non-hydrogen) atoms. The van der Waals surface area contributed by atoms with Gasteiger partial charge in [-0.25, -0.2) is 0 Å². The van der Waals surface area contributed by atoms with Crippen molar-refractivity contribution in [2.24, 2.45) is 5.92 Å². The summed E-state index contributed by atoms with van der Waals surface area (Å²) in [5.74, 6) is 0.861. The van der Waals surface area contributed by atoms with Crippen LogP contribution in [-0.4, -0.2) is 19.8 Å². The average Bonchev–Trinajstić information content (AvgIpc) is 3.24. The van der Waals surface area contributed by atoms with Gasteiger partial charge in [0.05, 0.1) is 5.02 Å². The summed E-state index contributed by atoms with van der Waals surface area (Å²) < 4.78 is 6.88. The third-order valence-electron chi connectivity index (χ3n) is 3.58. The van der Waals surface area contributed by atoms with E-state index >= 15 is 0 Å². The van der Waals surface area contributed by atoms with E-state index in [1.165, 1.54) is 27.8 Å². The molecule has 2 nitrogen and oxygen atoms in total. The van der Waals surface area contributed by atoms with Crippen LogP contribution >= 0.6 is 22.9 Å². The lowest BCUT2D eigenvalue weighted by molar-refractivity contribution is 0.122. The number of thiophene rings is 1. The van der Waals surface area contributed by atoms with Crippen LogP contribution in [0, 0.1) is 5.92 Å². The van der Waals surface area contributed by atoms with E-state index in [1.807, 2.05) is 6.07 Å². The van der Waals surface area contributed by atoms with Crippen LogP contribution in [0.1, 0.15) is 24.1 Å². The Labute approximate surface area is 129 Å².